The number of fused-ring (bicyclic) bond motifs is 1. The number of terminal acetylenes is 1. The van der Waals surface area contributed by atoms with Crippen molar-refractivity contribution in [3.63, 3.8) is 0 Å². The number of aromatic nitrogens is 4. The Morgan fingerprint density at radius 1 is 1.58 bits per heavy atom. The summed E-state index contributed by atoms with van der Waals surface area (Å²) in [6.07, 6.45) is 3.63. The molecule has 0 bridgehead atoms. The van der Waals surface area contributed by atoms with Gasteiger partial charge in [0.05, 0.1) is 18.8 Å². The fraction of sp³-hybridized carbons (Fsp3) is 0.533. The third-order valence-corrected chi connectivity index (χ3v) is 4.89. The first-order valence-electron chi connectivity index (χ1n) is 7.83. The van der Waals surface area contributed by atoms with Crippen LogP contribution in [0.4, 0.5) is 5.95 Å². The van der Waals surface area contributed by atoms with Gasteiger partial charge in [-0.25, -0.2) is 9.36 Å². The van der Waals surface area contributed by atoms with Crippen LogP contribution in [0.15, 0.2) is 9.59 Å². The molecular weight excluding hydrogens is 362 g/mol. The summed E-state index contributed by atoms with van der Waals surface area (Å²) in [4.78, 5) is 31.4. The molecule has 0 aliphatic carbocycles. The van der Waals surface area contributed by atoms with Crippen molar-refractivity contribution in [2.24, 2.45) is 0 Å². The SMILES string of the molecule is C#CCn1c(=O)n([C@@H]2O[C@H](C(O)CSC)C[C@H]2O)c2nc(N)[nH]c(=O)c21. The number of aliphatic hydroxyl groups excluding tert-OH is 2. The lowest BCUT2D eigenvalue weighted by atomic mass is 10.1. The van der Waals surface area contributed by atoms with Crippen molar-refractivity contribution < 1.29 is 14.9 Å². The molecule has 1 aliphatic rings. The molecule has 0 saturated carbocycles. The Morgan fingerprint density at radius 2 is 2.31 bits per heavy atom. The van der Waals surface area contributed by atoms with E-state index in [0.717, 1.165) is 9.13 Å². The Balaban J connectivity index is 2.14. The van der Waals surface area contributed by atoms with Crippen LogP contribution in [0.5, 0.6) is 0 Å². The van der Waals surface area contributed by atoms with E-state index in [1.807, 2.05) is 6.26 Å². The van der Waals surface area contributed by atoms with Crippen molar-refractivity contribution >= 4 is 28.9 Å². The molecular formula is C15H19N5O5S. The molecule has 0 amide bonds. The standard InChI is InChI=1S/C15H19N5O5S/c1-3-4-19-10-11(17-14(16)18-12(10)23)20(15(19)24)13-7(21)5-9(25-13)8(22)6-26-2/h1,7-9,13,21-22H,4-6H2,2H3,(H3,16,17,18,23)/t7-,8?,9+,13-/m1/s1. The molecule has 0 radical (unpaired) electrons. The van der Waals surface area contributed by atoms with Gasteiger partial charge in [0.15, 0.2) is 17.4 Å². The Morgan fingerprint density at radius 3 is 2.96 bits per heavy atom. The minimum Gasteiger partial charge on any atom is -0.390 e. The molecule has 5 N–H and O–H groups in total. The first-order chi connectivity index (χ1) is 12.4. The van der Waals surface area contributed by atoms with Gasteiger partial charge in [0.25, 0.3) is 5.56 Å². The normalized spacial score (nSPS) is 24.0. The number of nitrogens with two attached hydrogens (primary N) is 1. The van der Waals surface area contributed by atoms with Crippen molar-refractivity contribution in [1.82, 2.24) is 19.1 Å². The zero-order valence-corrected chi connectivity index (χ0v) is 14.8. The maximum absolute atomic E-state index is 12.8. The molecule has 0 aromatic carbocycles. The number of imidazole rings is 1. The third-order valence-electron chi connectivity index (χ3n) is 4.22. The second kappa shape index (κ2) is 7.16. The Kier molecular flexibility index (Phi) is 5.10. The molecule has 11 heteroatoms. The highest BCUT2D eigenvalue weighted by Crippen LogP contribution is 2.32. The summed E-state index contributed by atoms with van der Waals surface area (Å²) in [5, 5.41) is 20.5. The number of thioether (sulfide) groups is 1. The minimum atomic E-state index is -1.11. The number of aliphatic hydroxyl groups is 2. The topological polar surface area (TPSA) is 148 Å². The lowest BCUT2D eigenvalue weighted by Gasteiger charge is -2.18. The summed E-state index contributed by atoms with van der Waals surface area (Å²) in [5.74, 6) is 2.55. The van der Waals surface area contributed by atoms with Gasteiger partial charge in [-0.2, -0.15) is 16.7 Å². The second-order valence-electron chi connectivity index (χ2n) is 5.96. The van der Waals surface area contributed by atoms with E-state index >= 15 is 0 Å². The van der Waals surface area contributed by atoms with Crippen molar-refractivity contribution in [2.45, 2.75) is 37.5 Å². The van der Waals surface area contributed by atoms with E-state index in [9.17, 15) is 19.8 Å². The van der Waals surface area contributed by atoms with E-state index < -0.39 is 35.8 Å². The number of ether oxygens (including phenoxy) is 1. The molecule has 2 aromatic heterocycles. The number of anilines is 1. The van der Waals surface area contributed by atoms with Gasteiger partial charge >= 0.3 is 5.69 Å². The Labute approximate surface area is 152 Å². The van der Waals surface area contributed by atoms with E-state index in [-0.39, 0.29) is 30.1 Å². The number of nitrogens with zero attached hydrogens (tertiary/aromatic N) is 3. The van der Waals surface area contributed by atoms with Crippen LogP contribution >= 0.6 is 11.8 Å². The van der Waals surface area contributed by atoms with Crippen molar-refractivity contribution in [3.8, 4) is 12.3 Å². The quantitative estimate of drug-likeness (QED) is 0.456. The molecule has 3 heterocycles. The number of nitrogens with one attached hydrogen (secondary N) is 1. The number of hydrogen-bond acceptors (Lipinski definition) is 8. The first kappa shape index (κ1) is 18.5. The second-order valence-corrected chi connectivity index (χ2v) is 6.87. The van der Waals surface area contributed by atoms with Crippen molar-refractivity contribution in [1.29, 1.82) is 0 Å². The fourth-order valence-corrected chi connectivity index (χ4v) is 3.66. The highest BCUT2D eigenvalue weighted by Gasteiger charge is 2.41. The predicted molar refractivity (Wildman–Crippen MR) is 96.8 cm³/mol. The number of aromatic amines is 1. The number of hydrogen-bond donors (Lipinski definition) is 4. The lowest BCUT2D eigenvalue weighted by Crippen LogP contribution is -2.32. The van der Waals surface area contributed by atoms with E-state index in [1.54, 1.807) is 0 Å². The number of nitrogen functional groups attached to an aromatic ring is 1. The van der Waals surface area contributed by atoms with Gasteiger partial charge in [0.1, 0.15) is 6.10 Å². The molecule has 4 atom stereocenters. The maximum Gasteiger partial charge on any atom is 0.333 e. The van der Waals surface area contributed by atoms with Crippen LogP contribution in [0.1, 0.15) is 12.6 Å². The summed E-state index contributed by atoms with van der Waals surface area (Å²) in [6.45, 7) is -0.154. The van der Waals surface area contributed by atoms with Gasteiger partial charge in [0.2, 0.25) is 5.95 Å². The zero-order valence-electron chi connectivity index (χ0n) is 14.0. The fourth-order valence-electron chi connectivity index (χ4n) is 3.11. The Hall–Kier alpha value is -2.26. The first-order valence-corrected chi connectivity index (χ1v) is 9.23. The van der Waals surface area contributed by atoms with E-state index in [0.29, 0.717) is 5.75 Å². The molecule has 1 aliphatic heterocycles. The average Bonchev–Trinajstić information content (AvgIpc) is 3.07. The Bertz CT molecular complexity index is 974. The highest BCUT2D eigenvalue weighted by molar-refractivity contribution is 7.98. The van der Waals surface area contributed by atoms with Crippen LogP contribution in [-0.4, -0.2) is 59.6 Å². The lowest BCUT2D eigenvalue weighted by molar-refractivity contribution is -0.0698. The van der Waals surface area contributed by atoms with Gasteiger partial charge in [-0.15, -0.1) is 6.42 Å². The summed E-state index contributed by atoms with van der Waals surface area (Å²) in [6, 6.07) is 0. The summed E-state index contributed by atoms with van der Waals surface area (Å²) in [5.41, 5.74) is 4.25. The van der Waals surface area contributed by atoms with Crippen molar-refractivity contribution in [3.05, 3.63) is 20.8 Å². The third kappa shape index (κ3) is 3.01. The van der Waals surface area contributed by atoms with Gasteiger partial charge < -0.3 is 20.7 Å². The maximum atomic E-state index is 12.8. The highest BCUT2D eigenvalue weighted by atomic mass is 32.2. The van der Waals surface area contributed by atoms with Gasteiger partial charge in [-0.3, -0.25) is 14.3 Å². The molecule has 1 unspecified atom stereocenters. The van der Waals surface area contributed by atoms with Gasteiger partial charge in [-0.05, 0) is 6.26 Å². The van der Waals surface area contributed by atoms with Crippen molar-refractivity contribution in [2.75, 3.05) is 17.7 Å². The molecule has 0 spiro atoms. The molecule has 2 aromatic rings. The molecule has 10 nitrogen and oxygen atoms in total. The summed E-state index contributed by atoms with van der Waals surface area (Å²) < 4.78 is 7.86. The zero-order chi connectivity index (χ0) is 19.0. The monoisotopic (exact) mass is 381 g/mol. The van der Waals surface area contributed by atoms with Gasteiger partial charge in [0, 0.05) is 12.2 Å². The van der Waals surface area contributed by atoms with Crippen LogP contribution in [0.2, 0.25) is 0 Å². The summed E-state index contributed by atoms with van der Waals surface area (Å²) in [7, 11) is 0. The van der Waals surface area contributed by atoms with Crippen LogP contribution in [0.25, 0.3) is 11.2 Å². The molecule has 140 valence electrons. The molecule has 1 fully saturated rings. The van der Waals surface area contributed by atoms with Crippen LogP contribution in [-0.2, 0) is 11.3 Å². The van der Waals surface area contributed by atoms with E-state index in [1.165, 1.54) is 11.8 Å². The van der Waals surface area contributed by atoms with Crippen LogP contribution in [0, 0.1) is 12.3 Å². The van der Waals surface area contributed by atoms with E-state index in [4.69, 9.17) is 16.9 Å². The van der Waals surface area contributed by atoms with Crippen LogP contribution < -0.4 is 17.0 Å². The molecule has 26 heavy (non-hydrogen) atoms. The number of H-pyrrole nitrogens is 1. The average molecular weight is 381 g/mol. The minimum absolute atomic E-state index is 0.0319. The molecule has 3 rings (SSSR count). The smallest absolute Gasteiger partial charge is 0.333 e. The van der Waals surface area contributed by atoms with Gasteiger partial charge in [-0.1, -0.05) is 5.92 Å². The summed E-state index contributed by atoms with van der Waals surface area (Å²) >= 11 is 1.43. The van der Waals surface area contributed by atoms with E-state index in [2.05, 4.69) is 15.9 Å². The largest absolute Gasteiger partial charge is 0.390 e. The predicted octanol–water partition coefficient (Wildman–Crippen LogP) is -1.53. The molecule has 1 saturated heterocycles. The number of rotatable bonds is 5. The van der Waals surface area contributed by atoms with Crippen LogP contribution in [0.3, 0.4) is 0 Å².